The molecule has 6 aromatic heterocycles. The molecule has 0 amide bonds. The first-order valence-electron chi connectivity index (χ1n) is 12.2. The highest BCUT2D eigenvalue weighted by Crippen LogP contribution is 2.55. The first-order valence-corrected chi connectivity index (χ1v) is 17.1. The van der Waals surface area contributed by atoms with Gasteiger partial charge in [0.25, 0.3) is 0 Å². The average Bonchev–Trinajstić information content (AvgIpc) is 3.72. The summed E-state index contributed by atoms with van der Waals surface area (Å²) in [5, 5.41) is 3.07. The summed E-state index contributed by atoms with van der Waals surface area (Å²) in [6.45, 7) is 8.42. The van der Waals surface area contributed by atoms with Crippen LogP contribution in [-0.4, -0.2) is 13.1 Å². The Hall–Kier alpha value is -2.40. The van der Waals surface area contributed by atoms with E-state index in [1.165, 1.54) is 74.1 Å². The van der Waals surface area contributed by atoms with Crippen LogP contribution in [0, 0.1) is 33.5 Å². The summed E-state index contributed by atoms with van der Waals surface area (Å²) in [4.78, 5) is 21.7. The number of methoxy groups -OCH3 is 1. The van der Waals surface area contributed by atoms with Gasteiger partial charge in [-0.2, -0.15) is 0 Å². The number of halogens is 1. The molecule has 0 saturated carbocycles. The van der Waals surface area contributed by atoms with Crippen molar-refractivity contribution in [2.45, 2.75) is 27.7 Å². The Labute approximate surface area is 248 Å². The molecule has 0 unspecified atom stereocenters. The quantitative estimate of drug-likeness (QED) is 0.182. The van der Waals surface area contributed by atoms with Gasteiger partial charge < -0.3 is 4.74 Å². The number of hydrogen-bond acceptors (Lipinski definition) is 8. The minimum Gasteiger partial charge on any atom is -0.465 e. The summed E-state index contributed by atoms with van der Waals surface area (Å²) in [7, 11) is 1.30. The van der Waals surface area contributed by atoms with Crippen LogP contribution < -0.4 is 0 Å². The zero-order valence-electron chi connectivity index (χ0n) is 21.6. The molecule has 0 aliphatic heterocycles. The van der Waals surface area contributed by atoms with Gasteiger partial charge in [-0.15, -0.1) is 68.0 Å². The third kappa shape index (κ3) is 3.89. The molecule has 39 heavy (non-hydrogen) atoms. The second-order valence-corrected chi connectivity index (χ2v) is 16.6. The Morgan fingerprint density at radius 1 is 0.692 bits per heavy atom. The van der Waals surface area contributed by atoms with Gasteiger partial charge in [0.1, 0.15) is 4.88 Å². The van der Waals surface area contributed by atoms with Crippen molar-refractivity contribution < 1.29 is 13.9 Å². The number of aryl methyl sites for hydroxylation is 4. The normalized spacial score (nSPS) is 11.9. The van der Waals surface area contributed by atoms with Crippen LogP contribution in [0.4, 0.5) is 4.39 Å². The van der Waals surface area contributed by atoms with Gasteiger partial charge in [-0.25, -0.2) is 9.18 Å². The predicted octanol–water partition coefficient (Wildman–Crippen LogP) is 11.7. The monoisotopic (exact) mass is 624 g/mol. The summed E-state index contributed by atoms with van der Waals surface area (Å²) in [5.74, 6) is -1.09. The van der Waals surface area contributed by atoms with Crippen LogP contribution >= 0.6 is 68.0 Å². The lowest BCUT2D eigenvalue weighted by Crippen LogP contribution is -2.00. The maximum atomic E-state index is 15.3. The van der Waals surface area contributed by atoms with E-state index >= 15 is 4.39 Å². The van der Waals surface area contributed by atoms with E-state index in [0.717, 1.165) is 19.3 Å². The second-order valence-electron chi connectivity index (χ2n) is 9.45. The van der Waals surface area contributed by atoms with E-state index in [0.29, 0.717) is 5.39 Å². The fraction of sp³-hybridized carbons (Fsp3) is 0.167. The van der Waals surface area contributed by atoms with E-state index in [1.54, 1.807) is 22.7 Å². The van der Waals surface area contributed by atoms with Crippen molar-refractivity contribution >= 4 is 104 Å². The van der Waals surface area contributed by atoms with E-state index in [1.807, 2.05) is 40.9 Å². The zero-order valence-corrected chi connectivity index (χ0v) is 26.5. The third-order valence-corrected chi connectivity index (χ3v) is 13.6. The Bertz CT molecular complexity index is 1990. The number of thiophene rings is 6. The van der Waals surface area contributed by atoms with Crippen molar-refractivity contribution in [2.24, 2.45) is 0 Å². The maximum Gasteiger partial charge on any atom is 0.351 e. The molecule has 0 saturated heterocycles. The standard InChI is InChI=1S/C30H21FO2S6/c1-12-6-8-18(34-12)22-16-10-14(3)36-25(16)23(19-9-7-13(2)35-19)17-11-20(38-26(17)22)27-28-21(15(4)37-27)24(31)29(39-28)30(32)33-5/h6-11H,1-5H3. The summed E-state index contributed by atoms with van der Waals surface area (Å²) in [6, 6.07) is 13.5. The molecule has 0 aliphatic carbocycles. The van der Waals surface area contributed by atoms with E-state index in [4.69, 9.17) is 4.74 Å². The molecule has 0 atom stereocenters. The fourth-order valence-corrected chi connectivity index (χ4v) is 12.1. The summed E-state index contributed by atoms with van der Waals surface area (Å²) in [6.07, 6.45) is 0. The van der Waals surface area contributed by atoms with Gasteiger partial charge in [0.15, 0.2) is 5.82 Å². The lowest BCUT2D eigenvalue weighted by molar-refractivity contribution is 0.0602. The lowest BCUT2D eigenvalue weighted by Gasteiger charge is -2.09. The average molecular weight is 625 g/mol. The molecule has 0 N–H and O–H groups in total. The summed E-state index contributed by atoms with van der Waals surface area (Å²) in [5.41, 5.74) is 2.57. The minimum absolute atomic E-state index is 0.0428. The Morgan fingerprint density at radius 2 is 1.31 bits per heavy atom. The highest BCUT2D eigenvalue weighted by atomic mass is 32.1. The highest BCUT2D eigenvalue weighted by Gasteiger charge is 2.27. The molecule has 0 bridgehead atoms. The van der Waals surface area contributed by atoms with Gasteiger partial charge in [0.2, 0.25) is 0 Å². The topological polar surface area (TPSA) is 26.3 Å². The molecule has 9 heteroatoms. The summed E-state index contributed by atoms with van der Waals surface area (Å²) < 4.78 is 23.6. The van der Waals surface area contributed by atoms with E-state index in [9.17, 15) is 4.79 Å². The van der Waals surface area contributed by atoms with Gasteiger partial charge in [-0.3, -0.25) is 0 Å². The first kappa shape index (κ1) is 25.6. The van der Waals surface area contributed by atoms with Crippen molar-refractivity contribution in [1.82, 2.24) is 0 Å². The molecule has 1 aromatic carbocycles. The molecule has 7 rings (SSSR count). The number of ether oxygens (including phenoxy) is 1. The molecule has 0 aliphatic rings. The molecule has 2 nitrogen and oxygen atoms in total. The molecule has 196 valence electrons. The molecular weight excluding hydrogens is 604 g/mol. The van der Waals surface area contributed by atoms with Gasteiger partial charge in [0.05, 0.1) is 16.7 Å². The van der Waals surface area contributed by atoms with Crippen molar-refractivity contribution in [3.63, 3.8) is 0 Å². The molecule has 0 fully saturated rings. The number of esters is 1. The van der Waals surface area contributed by atoms with E-state index in [2.05, 4.69) is 57.2 Å². The van der Waals surface area contributed by atoms with Crippen LogP contribution in [-0.2, 0) is 4.74 Å². The smallest absolute Gasteiger partial charge is 0.351 e. The van der Waals surface area contributed by atoms with E-state index < -0.39 is 11.8 Å². The number of benzene rings is 1. The molecule has 7 aromatic rings. The van der Waals surface area contributed by atoms with Crippen molar-refractivity contribution in [2.75, 3.05) is 7.11 Å². The Kier molecular flexibility index (Phi) is 6.11. The summed E-state index contributed by atoms with van der Waals surface area (Å²) >= 11 is 10.1. The lowest BCUT2D eigenvalue weighted by atomic mass is 9.99. The van der Waals surface area contributed by atoms with Crippen LogP contribution in [0.15, 0.2) is 36.4 Å². The first-order chi connectivity index (χ1) is 18.7. The largest absolute Gasteiger partial charge is 0.465 e. The van der Waals surface area contributed by atoms with E-state index in [-0.39, 0.29) is 4.88 Å². The fourth-order valence-electron chi connectivity index (χ4n) is 5.15. The van der Waals surface area contributed by atoms with Gasteiger partial charge in [-0.05, 0) is 64.1 Å². The Balaban J connectivity index is 1.60. The van der Waals surface area contributed by atoms with Crippen LogP contribution in [0.2, 0.25) is 0 Å². The van der Waals surface area contributed by atoms with Gasteiger partial charge in [0, 0.05) is 70.8 Å². The molecule has 0 radical (unpaired) electrons. The zero-order chi connectivity index (χ0) is 27.2. The molecule has 6 heterocycles. The van der Waals surface area contributed by atoms with Crippen molar-refractivity contribution in [3.05, 3.63) is 66.6 Å². The predicted molar refractivity (Wildman–Crippen MR) is 173 cm³/mol. The highest BCUT2D eigenvalue weighted by molar-refractivity contribution is 7.32. The number of carbonyl (C=O) groups is 1. The van der Waals surface area contributed by atoms with Crippen LogP contribution in [0.1, 0.15) is 29.2 Å². The van der Waals surface area contributed by atoms with Crippen LogP contribution in [0.3, 0.4) is 0 Å². The molecule has 0 spiro atoms. The van der Waals surface area contributed by atoms with Crippen LogP contribution in [0.25, 0.3) is 60.9 Å². The second kappa shape index (κ2) is 9.33. The molecular formula is C30H21FO2S6. The Morgan fingerprint density at radius 3 is 1.90 bits per heavy atom. The number of carbonyl (C=O) groups excluding carboxylic acids is 1. The number of hydrogen-bond donors (Lipinski definition) is 0. The van der Waals surface area contributed by atoms with Crippen LogP contribution in [0.5, 0.6) is 0 Å². The number of rotatable bonds is 4. The SMILES string of the molecule is COC(=O)c1sc2c(-c3cc4c(-c5ccc(C)s5)c5sc(C)cc5c(-c5ccc(C)s5)c4s3)sc(C)c2c1F. The third-order valence-electron chi connectivity index (χ3n) is 6.81. The van der Waals surface area contributed by atoms with Gasteiger partial charge in [-0.1, -0.05) is 0 Å². The minimum atomic E-state index is -0.623. The maximum absolute atomic E-state index is 15.3. The van der Waals surface area contributed by atoms with Gasteiger partial charge >= 0.3 is 5.97 Å². The number of fused-ring (bicyclic) bond motifs is 3. The van der Waals surface area contributed by atoms with Crippen molar-refractivity contribution in [1.29, 1.82) is 0 Å². The van der Waals surface area contributed by atoms with Crippen molar-refractivity contribution in [3.8, 4) is 30.6 Å².